The first kappa shape index (κ1) is 13.7. The molecule has 21 heavy (non-hydrogen) atoms. The summed E-state index contributed by atoms with van der Waals surface area (Å²) in [5.74, 6) is -0.775. The summed E-state index contributed by atoms with van der Waals surface area (Å²) in [6, 6.07) is 9.96. The summed E-state index contributed by atoms with van der Waals surface area (Å²) in [6.45, 7) is 1.36. The average molecular weight is 344 g/mol. The van der Waals surface area contributed by atoms with Crippen molar-refractivity contribution in [2.45, 2.75) is 6.92 Å². The summed E-state index contributed by atoms with van der Waals surface area (Å²) in [6.07, 6.45) is 0. The third-order valence-electron chi connectivity index (χ3n) is 3.34. The van der Waals surface area contributed by atoms with E-state index in [2.05, 4.69) is 21.2 Å². The van der Waals surface area contributed by atoms with Gasteiger partial charge in [-0.15, -0.1) is 0 Å². The molecule has 5 heteroatoms. The van der Waals surface area contributed by atoms with Crippen LogP contribution in [0.4, 0.5) is 5.69 Å². The molecule has 0 fully saturated rings. The first-order chi connectivity index (χ1) is 10.0. The third-order valence-corrected chi connectivity index (χ3v) is 4.00. The van der Waals surface area contributed by atoms with Crippen molar-refractivity contribution >= 4 is 39.1 Å². The maximum absolute atomic E-state index is 12.7. The van der Waals surface area contributed by atoms with E-state index in [0.717, 1.165) is 0 Å². The number of carbonyl (C=O) groups is 3. The molecule has 0 saturated carbocycles. The van der Waals surface area contributed by atoms with Crippen LogP contribution in [0.5, 0.6) is 0 Å². The Morgan fingerprint density at radius 2 is 1.52 bits per heavy atom. The van der Waals surface area contributed by atoms with Crippen LogP contribution in [0.1, 0.15) is 38.8 Å². The zero-order valence-corrected chi connectivity index (χ0v) is 12.7. The minimum atomic E-state index is -0.293. The molecule has 0 saturated heterocycles. The van der Waals surface area contributed by atoms with Crippen molar-refractivity contribution in [2.75, 3.05) is 5.32 Å². The van der Waals surface area contributed by atoms with E-state index < -0.39 is 0 Å². The molecule has 104 valence electrons. The van der Waals surface area contributed by atoms with E-state index >= 15 is 0 Å². The summed E-state index contributed by atoms with van der Waals surface area (Å²) in [4.78, 5) is 36.6. The molecule has 1 aliphatic carbocycles. The van der Waals surface area contributed by atoms with Gasteiger partial charge in [0.25, 0.3) is 0 Å². The molecule has 2 aromatic rings. The summed E-state index contributed by atoms with van der Waals surface area (Å²) in [5.41, 5.74) is 1.64. The molecule has 0 spiro atoms. The van der Waals surface area contributed by atoms with Gasteiger partial charge in [-0.2, -0.15) is 0 Å². The lowest BCUT2D eigenvalue weighted by molar-refractivity contribution is -0.114. The van der Waals surface area contributed by atoms with Crippen LogP contribution in [-0.2, 0) is 4.79 Å². The largest absolute Gasteiger partial charge is 0.326 e. The van der Waals surface area contributed by atoms with Gasteiger partial charge in [-0.1, -0.05) is 40.2 Å². The predicted molar refractivity (Wildman–Crippen MR) is 81.8 cm³/mol. The normalized spacial score (nSPS) is 12.7. The number of amides is 1. The number of ketones is 2. The first-order valence-corrected chi connectivity index (χ1v) is 7.08. The predicted octanol–water partition coefficient (Wildman–Crippen LogP) is 3.18. The third kappa shape index (κ3) is 2.10. The Kier molecular flexibility index (Phi) is 3.22. The van der Waals surface area contributed by atoms with E-state index in [1.807, 2.05) is 0 Å². The van der Waals surface area contributed by atoms with E-state index in [4.69, 9.17) is 0 Å². The molecular formula is C16H10BrNO3. The van der Waals surface area contributed by atoms with Gasteiger partial charge in [0.2, 0.25) is 5.91 Å². The van der Waals surface area contributed by atoms with Crippen molar-refractivity contribution < 1.29 is 14.4 Å². The number of nitrogens with one attached hydrogen (secondary N) is 1. The van der Waals surface area contributed by atoms with Gasteiger partial charge in [-0.3, -0.25) is 14.4 Å². The van der Waals surface area contributed by atoms with Crippen molar-refractivity contribution in [3.8, 4) is 0 Å². The maximum Gasteiger partial charge on any atom is 0.221 e. The van der Waals surface area contributed by atoms with E-state index in [9.17, 15) is 14.4 Å². The minimum absolute atomic E-state index is 0.223. The Balaban J connectivity index is 2.31. The monoisotopic (exact) mass is 343 g/mol. The van der Waals surface area contributed by atoms with E-state index in [-0.39, 0.29) is 23.0 Å². The quantitative estimate of drug-likeness (QED) is 0.737. The number of hydrogen-bond acceptors (Lipinski definition) is 3. The SMILES string of the molecule is CC(=O)Nc1ccc(Br)c2c1C(=O)c1ccccc1C2=O. The van der Waals surface area contributed by atoms with E-state index in [0.29, 0.717) is 26.9 Å². The fourth-order valence-electron chi connectivity index (χ4n) is 2.48. The molecule has 0 heterocycles. The molecule has 0 radical (unpaired) electrons. The molecule has 2 aromatic carbocycles. The van der Waals surface area contributed by atoms with Gasteiger partial charge >= 0.3 is 0 Å². The van der Waals surface area contributed by atoms with Gasteiger partial charge < -0.3 is 5.32 Å². The highest BCUT2D eigenvalue weighted by atomic mass is 79.9. The van der Waals surface area contributed by atoms with Crippen molar-refractivity contribution in [1.82, 2.24) is 0 Å². The van der Waals surface area contributed by atoms with Crippen LogP contribution in [0, 0.1) is 0 Å². The summed E-state index contributed by atoms with van der Waals surface area (Å²) in [5, 5.41) is 2.61. The Morgan fingerprint density at radius 3 is 2.10 bits per heavy atom. The maximum atomic E-state index is 12.7. The number of rotatable bonds is 1. The number of halogens is 1. The lowest BCUT2D eigenvalue weighted by Crippen LogP contribution is -2.23. The minimum Gasteiger partial charge on any atom is -0.326 e. The van der Waals surface area contributed by atoms with Gasteiger partial charge in [0.1, 0.15) is 0 Å². The first-order valence-electron chi connectivity index (χ1n) is 6.29. The smallest absolute Gasteiger partial charge is 0.221 e. The molecule has 1 aliphatic rings. The molecule has 0 atom stereocenters. The number of fused-ring (bicyclic) bond motifs is 2. The van der Waals surface area contributed by atoms with Gasteiger partial charge in [0.05, 0.1) is 16.8 Å². The Hall–Kier alpha value is -2.27. The molecule has 1 N–H and O–H groups in total. The molecule has 0 unspecified atom stereocenters. The van der Waals surface area contributed by atoms with Crippen LogP contribution in [0.15, 0.2) is 40.9 Å². The molecule has 0 bridgehead atoms. The van der Waals surface area contributed by atoms with E-state index in [1.54, 1.807) is 36.4 Å². The van der Waals surface area contributed by atoms with Gasteiger partial charge in [0.15, 0.2) is 11.6 Å². The topological polar surface area (TPSA) is 63.2 Å². The lowest BCUT2D eigenvalue weighted by atomic mass is 9.83. The van der Waals surface area contributed by atoms with Gasteiger partial charge in [-0.25, -0.2) is 0 Å². The van der Waals surface area contributed by atoms with Crippen molar-refractivity contribution in [3.63, 3.8) is 0 Å². The second kappa shape index (κ2) is 4.93. The lowest BCUT2D eigenvalue weighted by Gasteiger charge is -2.21. The molecule has 0 aromatic heterocycles. The standard InChI is InChI=1S/C16H10BrNO3/c1-8(19)18-12-7-6-11(17)13-14(12)16(21)10-5-3-2-4-9(10)15(13)20/h2-7H,1H3,(H,18,19). The van der Waals surface area contributed by atoms with E-state index in [1.165, 1.54) is 6.92 Å². The number of benzene rings is 2. The highest BCUT2D eigenvalue weighted by molar-refractivity contribution is 9.10. The van der Waals surface area contributed by atoms with Crippen LogP contribution in [-0.4, -0.2) is 17.5 Å². The highest BCUT2D eigenvalue weighted by Gasteiger charge is 2.33. The summed E-state index contributed by atoms with van der Waals surface area (Å²) >= 11 is 3.32. The molecule has 1 amide bonds. The zero-order valence-electron chi connectivity index (χ0n) is 11.1. The van der Waals surface area contributed by atoms with Gasteiger partial charge in [-0.05, 0) is 12.1 Å². The van der Waals surface area contributed by atoms with Crippen molar-refractivity contribution in [2.24, 2.45) is 0 Å². The fraction of sp³-hybridized carbons (Fsp3) is 0.0625. The van der Waals surface area contributed by atoms with Crippen LogP contribution in [0.3, 0.4) is 0 Å². The molecule has 3 rings (SSSR count). The van der Waals surface area contributed by atoms with Crippen molar-refractivity contribution in [3.05, 3.63) is 63.1 Å². The number of carbonyl (C=O) groups excluding carboxylic acids is 3. The zero-order chi connectivity index (χ0) is 15.1. The summed E-state index contributed by atoms with van der Waals surface area (Å²) in [7, 11) is 0. The Morgan fingerprint density at radius 1 is 0.952 bits per heavy atom. The average Bonchev–Trinajstić information content (AvgIpc) is 2.46. The molecule has 4 nitrogen and oxygen atoms in total. The van der Waals surface area contributed by atoms with Crippen LogP contribution in [0.2, 0.25) is 0 Å². The second-order valence-corrected chi connectivity index (χ2v) is 5.58. The Labute approximate surface area is 129 Å². The highest BCUT2D eigenvalue weighted by Crippen LogP contribution is 2.36. The summed E-state index contributed by atoms with van der Waals surface area (Å²) < 4.78 is 0.541. The molecular weight excluding hydrogens is 334 g/mol. The van der Waals surface area contributed by atoms with Crippen LogP contribution >= 0.6 is 15.9 Å². The van der Waals surface area contributed by atoms with Crippen LogP contribution in [0.25, 0.3) is 0 Å². The number of anilines is 1. The number of hydrogen-bond donors (Lipinski definition) is 1. The fourth-order valence-corrected chi connectivity index (χ4v) is 2.99. The Bertz CT molecular complexity index is 811. The van der Waals surface area contributed by atoms with Crippen LogP contribution < -0.4 is 5.32 Å². The van der Waals surface area contributed by atoms with Crippen molar-refractivity contribution in [1.29, 1.82) is 0 Å². The second-order valence-electron chi connectivity index (χ2n) is 4.73. The molecule has 0 aliphatic heterocycles. The van der Waals surface area contributed by atoms with Gasteiger partial charge in [0, 0.05) is 22.5 Å².